The molecule has 0 saturated heterocycles. The van der Waals surface area contributed by atoms with Crippen molar-refractivity contribution >= 4 is 5.69 Å². The van der Waals surface area contributed by atoms with E-state index >= 15 is 0 Å². The van der Waals surface area contributed by atoms with Crippen molar-refractivity contribution in [3.63, 3.8) is 0 Å². The number of nitrogens with two attached hydrogens (primary N) is 1. The van der Waals surface area contributed by atoms with Crippen LogP contribution in [0.3, 0.4) is 0 Å². The van der Waals surface area contributed by atoms with E-state index < -0.39 is 0 Å². The van der Waals surface area contributed by atoms with Crippen molar-refractivity contribution < 1.29 is 0 Å². The van der Waals surface area contributed by atoms with E-state index in [1.165, 1.54) is 6.20 Å². The summed E-state index contributed by atoms with van der Waals surface area (Å²) in [7, 11) is 0. The highest BCUT2D eigenvalue weighted by Crippen LogP contribution is 2.02. The number of nitrogens with zero attached hydrogens (tertiary/aromatic N) is 3. The average molecular weight is 124 g/mol. The van der Waals surface area contributed by atoms with Gasteiger partial charge in [0.1, 0.15) is 0 Å². The Bertz CT molecular complexity index is 198. The van der Waals surface area contributed by atoms with Gasteiger partial charge in [-0.3, -0.25) is 0 Å². The van der Waals surface area contributed by atoms with Crippen LogP contribution in [0, 0.1) is 0 Å². The Morgan fingerprint density at radius 1 is 1.67 bits per heavy atom. The van der Waals surface area contributed by atoms with Crippen molar-refractivity contribution in [2.45, 2.75) is 13.3 Å². The maximum absolute atomic E-state index is 5.47. The summed E-state index contributed by atoms with van der Waals surface area (Å²) in [6.07, 6.45) is 2.31. The molecule has 0 radical (unpaired) electrons. The smallest absolute Gasteiger partial charge is 0.0891 e. The Balaban J connectivity index is 3.01. The van der Waals surface area contributed by atoms with Crippen LogP contribution >= 0.6 is 0 Å². The number of aromatic nitrogens is 3. The van der Waals surface area contributed by atoms with Crippen LogP contribution in [0.1, 0.15) is 12.6 Å². The van der Waals surface area contributed by atoms with Crippen LogP contribution in [-0.2, 0) is 6.42 Å². The molecule has 0 aliphatic heterocycles. The van der Waals surface area contributed by atoms with Gasteiger partial charge in [-0.05, 0) is 11.6 Å². The number of hydrogen-bond donors (Lipinski definition) is 1. The number of rotatable bonds is 1. The largest absolute Gasteiger partial charge is 0.396 e. The van der Waals surface area contributed by atoms with Crippen LogP contribution in [0.15, 0.2) is 6.20 Å². The molecule has 4 nitrogen and oxygen atoms in total. The van der Waals surface area contributed by atoms with Crippen LogP contribution in [-0.4, -0.2) is 15.4 Å². The SMILES string of the molecule is CCc1nnncc1N. The fourth-order valence-corrected chi connectivity index (χ4v) is 0.575. The van der Waals surface area contributed by atoms with Gasteiger partial charge in [0, 0.05) is 0 Å². The summed E-state index contributed by atoms with van der Waals surface area (Å²) in [6, 6.07) is 0. The van der Waals surface area contributed by atoms with Gasteiger partial charge in [-0.2, -0.15) is 0 Å². The zero-order valence-corrected chi connectivity index (χ0v) is 5.20. The normalized spacial score (nSPS) is 9.44. The van der Waals surface area contributed by atoms with E-state index in [4.69, 9.17) is 5.73 Å². The van der Waals surface area contributed by atoms with Crippen LogP contribution in [0.4, 0.5) is 5.69 Å². The van der Waals surface area contributed by atoms with E-state index in [1.54, 1.807) is 0 Å². The summed E-state index contributed by atoms with van der Waals surface area (Å²) in [5, 5.41) is 10.7. The third-order valence-corrected chi connectivity index (χ3v) is 1.08. The topological polar surface area (TPSA) is 64.7 Å². The van der Waals surface area contributed by atoms with Gasteiger partial charge in [0.25, 0.3) is 0 Å². The van der Waals surface area contributed by atoms with E-state index in [1.807, 2.05) is 6.92 Å². The molecule has 1 rings (SSSR count). The van der Waals surface area contributed by atoms with Gasteiger partial charge in [0.05, 0.1) is 17.6 Å². The van der Waals surface area contributed by atoms with E-state index in [0.717, 1.165) is 12.1 Å². The lowest BCUT2D eigenvalue weighted by Crippen LogP contribution is -1.99. The van der Waals surface area contributed by atoms with Gasteiger partial charge in [0.2, 0.25) is 0 Å². The lowest BCUT2D eigenvalue weighted by molar-refractivity contribution is 0.818. The van der Waals surface area contributed by atoms with Gasteiger partial charge < -0.3 is 5.73 Å². The predicted molar refractivity (Wildman–Crippen MR) is 33.6 cm³/mol. The first-order chi connectivity index (χ1) is 4.34. The third-order valence-electron chi connectivity index (χ3n) is 1.08. The second kappa shape index (κ2) is 2.39. The first-order valence-electron chi connectivity index (χ1n) is 2.77. The summed E-state index contributed by atoms with van der Waals surface area (Å²) in [5.41, 5.74) is 6.89. The Labute approximate surface area is 53.1 Å². The summed E-state index contributed by atoms with van der Waals surface area (Å²) in [6.45, 7) is 1.97. The molecule has 0 aromatic carbocycles. The van der Waals surface area contributed by atoms with Crippen molar-refractivity contribution in [2.75, 3.05) is 5.73 Å². The van der Waals surface area contributed by atoms with Crippen LogP contribution in [0.25, 0.3) is 0 Å². The molecule has 9 heavy (non-hydrogen) atoms. The highest BCUT2D eigenvalue weighted by Gasteiger charge is 1.94. The third kappa shape index (κ3) is 1.13. The minimum atomic E-state index is 0.618. The fraction of sp³-hybridized carbons (Fsp3) is 0.400. The molecule has 0 saturated carbocycles. The van der Waals surface area contributed by atoms with Crippen molar-refractivity contribution in [2.24, 2.45) is 0 Å². The van der Waals surface area contributed by atoms with Crippen LogP contribution in [0.5, 0.6) is 0 Å². The van der Waals surface area contributed by atoms with Gasteiger partial charge >= 0.3 is 0 Å². The van der Waals surface area contributed by atoms with Crippen molar-refractivity contribution in [3.05, 3.63) is 11.9 Å². The zero-order chi connectivity index (χ0) is 6.69. The van der Waals surface area contributed by atoms with E-state index in [-0.39, 0.29) is 0 Å². The first-order valence-corrected chi connectivity index (χ1v) is 2.77. The number of anilines is 1. The molecular formula is C5H8N4. The summed E-state index contributed by atoms with van der Waals surface area (Å²) in [5.74, 6) is 0. The second-order valence-corrected chi connectivity index (χ2v) is 1.69. The fourth-order valence-electron chi connectivity index (χ4n) is 0.575. The predicted octanol–water partition coefficient (Wildman–Crippen LogP) is 0.0162. The maximum atomic E-state index is 5.47. The molecular weight excluding hydrogens is 116 g/mol. The van der Waals surface area contributed by atoms with Gasteiger partial charge in [-0.1, -0.05) is 6.92 Å². The van der Waals surface area contributed by atoms with Gasteiger partial charge in [-0.15, -0.1) is 10.2 Å². The van der Waals surface area contributed by atoms with Crippen LogP contribution < -0.4 is 5.73 Å². The molecule has 48 valence electrons. The van der Waals surface area contributed by atoms with Crippen molar-refractivity contribution in [1.29, 1.82) is 0 Å². The summed E-state index contributed by atoms with van der Waals surface area (Å²) < 4.78 is 0. The quantitative estimate of drug-likeness (QED) is 0.573. The lowest BCUT2D eigenvalue weighted by Gasteiger charge is -1.94. The molecule has 2 N–H and O–H groups in total. The molecule has 0 fully saturated rings. The molecule has 1 aromatic heterocycles. The van der Waals surface area contributed by atoms with Crippen molar-refractivity contribution in [3.8, 4) is 0 Å². The summed E-state index contributed by atoms with van der Waals surface area (Å²) >= 11 is 0. The lowest BCUT2D eigenvalue weighted by atomic mass is 10.3. The minimum absolute atomic E-state index is 0.618. The first kappa shape index (κ1) is 5.94. The van der Waals surface area contributed by atoms with E-state index in [9.17, 15) is 0 Å². The molecule has 0 aliphatic rings. The Morgan fingerprint density at radius 3 is 2.89 bits per heavy atom. The highest BCUT2D eigenvalue weighted by molar-refractivity contribution is 5.38. The average Bonchev–Trinajstić information content (AvgIpc) is 1.89. The highest BCUT2D eigenvalue weighted by atomic mass is 15.3. The molecule has 1 heterocycles. The monoisotopic (exact) mass is 124 g/mol. The number of aryl methyl sites for hydroxylation is 1. The molecule has 1 aromatic rings. The summed E-state index contributed by atoms with van der Waals surface area (Å²) in [4.78, 5) is 0. The number of hydrogen-bond acceptors (Lipinski definition) is 4. The minimum Gasteiger partial charge on any atom is -0.396 e. The molecule has 0 bridgehead atoms. The van der Waals surface area contributed by atoms with Gasteiger partial charge in [0.15, 0.2) is 0 Å². The Kier molecular flexibility index (Phi) is 1.58. The molecule has 0 atom stereocenters. The van der Waals surface area contributed by atoms with E-state index in [0.29, 0.717) is 5.69 Å². The zero-order valence-electron chi connectivity index (χ0n) is 5.20. The second-order valence-electron chi connectivity index (χ2n) is 1.69. The molecule has 0 aliphatic carbocycles. The maximum Gasteiger partial charge on any atom is 0.0891 e. The molecule has 4 heteroatoms. The van der Waals surface area contributed by atoms with Crippen molar-refractivity contribution in [1.82, 2.24) is 15.4 Å². The molecule has 0 unspecified atom stereocenters. The van der Waals surface area contributed by atoms with E-state index in [2.05, 4.69) is 15.4 Å². The standard InChI is InChI=1S/C5H8N4/c1-2-5-4(6)3-7-9-8-5/h3H,2H2,1H3,(H2,6,9). The van der Waals surface area contributed by atoms with Gasteiger partial charge in [-0.25, -0.2) is 0 Å². The number of nitrogen functional groups attached to an aromatic ring is 1. The molecule has 0 amide bonds. The Hall–Kier alpha value is -1.19. The molecule has 0 spiro atoms. The van der Waals surface area contributed by atoms with Crippen LogP contribution in [0.2, 0.25) is 0 Å². The Morgan fingerprint density at radius 2 is 2.44 bits per heavy atom.